The molecule has 3 aliphatic carbocycles. The molecule has 1 N–H and O–H groups in total. The molecule has 4 aliphatic rings. The topological polar surface area (TPSA) is 43.6 Å². The van der Waals surface area contributed by atoms with E-state index in [1.807, 2.05) is 24.5 Å². The number of nitrogens with one attached hydrogen (secondary N) is 1. The number of hydrogen-bond acceptors (Lipinski definition) is 4. The molecule has 0 amide bonds. The van der Waals surface area contributed by atoms with Gasteiger partial charge in [-0.15, -0.1) is 0 Å². The quantitative estimate of drug-likeness (QED) is 0.639. The van der Waals surface area contributed by atoms with Crippen LogP contribution in [0, 0.1) is 17.3 Å². The van der Waals surface area contributed by atoms with Gasteiger partial charge in [-0.25, -0.2) is 4.84 Å². The van der Waals surface area contributed by atoms with Crippen LogP contribution in [0.15, 0.2) is 34.9 Å². The van der Waals surface area contributed by atoms with E-state index in [-0.39, 0.29) is 24.8 Å². The Balaban J connectivity index is 1.38. The standard InChI is InChI=1S/C20H25BClNO3/c1-19(2)13-9-16(19)20(3)17(10-13)25-21(26-20)18(23-22)8-12-11-24-15-7-5-4-6-14(12)15/h4-7,11,13,16-18,23H,8-10H2,1-3H3/t13-,16-,17+,18-,20-/m0/s1. The third-order valence-corrected chi connectivity index (χ3v) is 7.72. The summed E-state index contributed by atoms with van der Waals surface area (Å²) in [6.45, 7) is 6.98. The van der Waals surface area contributed by atoms with Gasteiger partial charge in [0.2, 0.25) is 0 Å². The van der Waals surface area contributed by atoms with Crippen LogP contribution in [-0.4, -0.2) is 24.8 Å². The molecule has 2 aromatic rings. The molecule has 0 radical (unpaired) electrons. The Hall–Kier alpha value is -1.01. The van der Waals surface area contributed by atoms with Crippen molar-refractivity contribution in [1.29, 1.82) is 0 Å². The summed E-state index contributed by atoms with van der Waals surface area (Å²) in [6, 6.07) is 8.07. The molecule has 1 aromatic carbocycles. The number of furan rings is 1. The first-order chi connectivity index (χ1) is 12.4. The summed E-state index contributed by atoms with van der Waals surface area (Å²) in [6.07, 6.45) is 5.01. The Labute approximate surface area is 159 Å². The van der Waals surface area contributed by atoms with Gasteiger partial charge in [-0.3, -0.25) is 0 Å². The minimum Gasteiger partial charge on any atom is -0.464 e. The average Bonchev–Trinajstić information content (AvgIpc) is 3.19. The predicted octanol–water partition coefficient (Wildman–Crippen LogP) is 4.35. The Morgan fingerprint density at radius 3 is 2.85 bits per heavy atom. The Kier molecular flexibility index (Phi) is 3.78. The van der Waals surface area contributed by atoms with E-state index < -0.39 is 0 Å². The molecule has 4 fully saturated rings. The Bertz CT molecular complexity index is 839. The predicted molar refractivity (Wildman–Crippen MR) is 103 cm³/mol. The average molecular weight is 374 g/mol. The van der Waals surface area contributed by atoms with E-state index in [2.05, 4.69) is 31.7 Å². The van der Waals surface area contributed by atoms with Gasteiger partial charge in [0.05, 0.1) is 23.9 Å². The second kappa shape index (κ2) is 5.74. The molecule has 1 saturated heterocycles. The molecule has 1 aromatic heterocycles. The van der Waals surface area contributed by atoms with Crippen LogP contribution >= 0.6 is 11.8 Å². The molecular weight excluding hydrogens is 348 g/mol. The summed E-state index contributed by atoms with van der Waals surface area (Å²) < 4.78 is 18.6. The Morgan fingerprint density at radius 1 is 1.27 bits per heavy atom. The molecule has 2 bridgehead atoms. The third-order valence-electron chi connectivity index (χ3n) is 7.44. The summed E-state index contributed by atoms with van der Waals surface area (Å²) >= 11 is 6.12. The fraction of sp³-hybridized carbons (Fsp3) is 0.600. The van der Waals surface area contributed by atoms with Crippen LogP contribution in [0.5, 0.6) is 0 Å². The zero-order valence-corrected chi connectivity index (χ0v) is 16.3. The van der Waals surface area contributed by atoms with Crippen LogP contribution < -0.4 is 4.84 Å². The Morgan fingerprint density at radius 2 is 2.08 bits per heavy atom. The number of fused-ring (bicyclic) bond motifs is 1. The summed E-state index contributed by atoms with van der Waals surface area (Å²) in [5, 5.41) is 1.12. The van der Waals surface area contributed by atoms with E-state index >= 15 is 0 Å². The molecule has 0 spiro atoms. The number of benzene rings is 1. The van der Waals surface area contributed by atoms with E-state index in [0.29, 0.717) is 17.8 Å². The minimum atomic E-state index is -0.341. The van der Waals surface area contributed by atoms with Gasteiger partial charge in [0.1, 0.15) is 5.58 Å². The maximum atomic E-state index is 6.55. The molecule has 2 heterocycles. The number of para-hydroxylation sites is 1. The number of hydrogen-bond donors (Lipinski definition) is 1. The van der Waals surface area contributed by atoms with Crippen LogP contribution in [-0.2, 0) is 15.7 Å². The zero-order valence-electron chi connectivity index (χ0n) is 15.5. The van der Waals surface area contributed by atoms with Crippen LogP contribution in [0.4, 0.5) is 0 Å². The number of halogens is 1. The molecule has 5 atom stereocenters. The van der Waals surface area contributed by atoms with Crippen molar-refractivity contribution >= 4 is 29.9 Å². The van der Waals surface area contributed by atoms with Crippen molar-refractivity contribution in [3.05, 3.63) is 36.1 Å². The molecule has 1 aliphatic heterocycles. The molecule has 138 valence electrons. The van der Waals surface area contributed by atoms with E-state index in [9.17, 15) is 0 Å². The van der Waals surface area contributed by atoms with Gasteiger partial charge < -0.3 is 13.7 Å². The van der Waals surface area contributed by atoms with Crippen molar-refractivity contribution in [2.75, 3.05) is 0 Å². The van der Waals surface area contributed by atoms with Gasteiger partial charge in [0.25, 0.3) is 0 Å². The van der Waals surface area contributed by atoms with Gasteiger partial charge >= 0.3 is 7.12 Å². The van der Waals surface area contributed by atoms with Crippen molar-refractivity contribution in [1.82, 2.24) is 4.84 Å². The van der Waals surface area contributed by atoms with Gasteiger partial charge in [0, 0.05) is 5.39 Å². The largest absolute Gasteiger partial charge is 0.477 e. The summed E-state index contributed by atoms with van der Waals surface area (Å²) in [7, 11) is -0.341. The normalized spacial score (nSPS) is 36.0. The molecule has 4 nitrogen and oxygen atoms in total. The highest BCUT2D eigenvalue weighted by Gasteiger charge is 2.68. The molecule has 0 unspecified atom stereocenters. The summed E-state index contributed by atoms with van der Waals surface area (Å²) in [5.41, 5.74) is 2.14. The van der Waals surface area contributed by atoms with Gasteiger partial charge in [-0.05, 0) is 66.8 Å². The first-order valence-electron chi connectivity index (χ1n) is 9.58. The highest BCUT2D eigenvalue weighted by atomic mass is 35.5. The van der Waals surface area contributed by atoms with Gasteiger partial charge in [-0.2, -0.15) is 0 Å². The van der Waals surface area contributed by atoms with Crippen LogP contribution in [0.25, 0.3) is 11.0 Å². The fourth-order valence-corrected chi connectivity index (χ4v) is 5.87. The second-order valence-corrected chi connectivity index (χ2v) is 9.23. The molecule has 6 rings (SSSR count). The lowest BCUT2D eigenvalue weighted by molar-refractivity contribution is -0.199. The van der Waals surface area contributed by atoms with Crippen molar-refractivity contribution in [2.45, 2.75) is 57.7 Å². The molecule has 6 heteroatoms. The molecule has 26 heavy (non-hydrogen) atoms. The summed E-state index contributed by atoms with van der Waals surface area (Å²) in [4.78, 5) is 2.90. The lowest BCUT2D eigenvalue weighted by Gasteiger charge is -2.64. The highest BCUT2D eigenvalue weighted by Crippen LogP contribution is 2.65. The summed E-state index contributed by atoms with van der Waals surface area (Å²) in [5.74, 6) is 1.17. The SMILES string of the molecule is CC1(C)[C@@H]2C[C@H]3OB([C@H](Cc4coc5ccccc45)NCl)O[C@@]3(C)[C@H]1C2. The van der Waals surface area contributed by atoms with Gasteiger partial charge in [-0.1, -0.05) is 32.0 Å². The highest BCUT2D eigenvalue weighted by molar-refractivity contribution is 6.48. The van der Waals surface area contributed by atoms with Crippen LogP contribution in [0.1, 0.15) is 39.2 Å². The first-order valence-corrected chi connectivity index (χ1v) is 9.96. The van der Waals surface area contributed by atoms with Crippen molar-refractivity contribution in [3.8, 4) is 0 Å². The maximum Gasteiger partial charge on any atom is 0.477 e. The van der Waals surface area contributed by atoms with E-state index in [1.165, 1.54) is 6.42 Å². The molecular formula is C20H25BClNO3. The third kappa shape index (κ3) is 2.27. The second-order valence-electron chi connectivity index (χ2n) is 9.01. The van der Waals surface area contributed by atoms with Crippen LogP contribution in [0.2, 0.25) is 0 Å². The zero-order chi connectivity index (χ0) is 18.1. The van der Waals surface area contributed by atoms with E-state index in [4.69, 9.17) is 25.5 Å². The van der Waals surface area contributed by atoms with E-state index in [1.54, 1.807) is 0 Å². The van der Waals surface area contributed by atoms with E-state index in [0.717, 1.165) is 28.9 Å². The van der Waals surface area contributed by atoms with Crippen molar-refractivity contribution < 1.29 is 13.7 Å². The minimum absolute atomic E-state index is 0.125. The lowest BCUT2D eigenvalue weighted by Crippen LogP contribution is -2.65. The van der Waals surface area contributed by atoms with Gasteiger partial charge in [0.15, 0.2) is 0 Å². The maximum absolute atomic E-state index is 6.55. The number of rotatable bonds is 4. The smallest absolute Gasteiger partial charge is 0.464 e. The first kappa shape index (κ1) is 17.1. The lowest BCUT2D eigenvalue weighted by atomic mass is 9.43. The van der Waals surface area contributed by atoms with Crippen molar-refractivity contribution in [3.63, 3.8) is 0 Å². The van der Waals surface area contributed by atoms with Crippen molar-refractivity contribution in [2.24, 2.45) is 17.3 Å². The fourth-order valence-electron chi connectivity index (χ4n) is 5.69. The molecule has 3 saturated carbocycles. The monoisotopic (exact) mass is 373 g/mol. The van der Waals surface area contributed by atoms with Crippen LogP contribution in [0.3, 0.4) is 0 Å².